The van der Waals surface area contributed by atoms with Crippen LogP contribution in [0.5, 0.6) is 0 Å². The van der Waals surface area contributed by atoms with Gasteiger partial charge in [0.15, 0.2) is 0 Å². The molecule has 0 bridgehead atoms. The van der Waals surface area contributed by atoms with Crippen molar-refractivity contribution >= 4 is 152 Å². The van der Waals surface area contributed by atoms with Crippen molar-refractivity contribution in [1.82, 2.24) is 15.0 Å². The van der Waals surface area contributed by atoms with Crippen LogP contribution in [0, 0.1) is 6.07 Å². The van der Waals surface area contributed by atoms with Crippen LogP contribution < -0.4 is 0 Å². The van der Waals surface area contributed by atoms with Gasteiger partial charge in [0.1, 0.15) is 0 Å². The van der Waals surface area contributed by atoms with Gasteiger partial charge in [0.05, 0.1) is 11.0 Å². The van der Waals surface area contributed by atoms with Gasteiger partial charge in [-0.3, -0.25) is 9.97 Å². The van der Waals surface area contributed by atoms with E-state index in [0.29, 0.717) is 0 Å². The van der Waals surface area contributed by atoms with Gasteiger partial charge in [-0.2, -0.15) is 0 Å². The predicted octanol–water partition coefficient (Wildman–Crippen LogP) is 36.4. The molecule has 662 valence electrons. The van der Waals surface area contributed by atoms with Crippen molar-refractivity contribution < 1.29 is 46.2 Å². The summed E-state index contributed by atoms with van der Waals surface area (Å²) in [5, 5.41) is 25.5. The van der Waals surface area contributed by atoms with Crippen molar-refractivity contribution in [2.24, 2.45) is 0 Å². The van der Waals surface area contributed by atoms with Crippen LogP contribution in [-0.2, 0) is 45.6 Å². The molecule has 4 heterocycles. The zero-order chi connectivity index (χ0) is 91.2. The van der Waals surface area contributed by atoms with Crippen LogP contribution in [0.15, 0.2) is 486 Å². The summed E-state index contributed by atoms with van der Waals surface area (Å²) >= 11 is 4.41. The number of benzene rings is 22. The summed E-state index contributed by atoms with van der Waals surface area (Å²) < 4.78 is 9.38. The molecule has 0 saturated carbocycles. The fourth-order valence-electron chi connectivity index (χ4n) is 20.9. The molecular formula is C130H89Ir2N3OS2-2. The molecule has 0 aliphatic heterocycles. The van der Waals surface area contributed by atoms with E-state index in [2.05, 4.69) is 460 Å². The van der Waals surface area contributed by atoms with Gasteiger partial charge in [0.2, 0.25) is 0 Å². The second kappa shape index (κ2) is 38.8. The van der Waals surface area contributed by atoms with Crippen molar-refractivity contribution in [3.63, 3.8) is 0 Å². The van der Waals surface area contributed by atoms with Gasteiger partial charge in [-0.1, -0.05) is 390 Å². The molecule has 0 fully saturated rings. The van der Waals surface area contributed by atoms with Gasteiger partial charge in [-0.05, 0) is 283 Å². The normalized spacial score (nSPS) is 11.7. The Labute approximate surface area is 839 Å². The molecule has 1 aliphatic rings. The van der Waals surface area contributed by atoms with Gasteiger partial charge in [-0.15, -0.1) is 47.2 Å². The summed E-state index contributed by atoms with van der Waals surface area (Å²) in [7, 11) is 0. The third-order valence-electron chi connectivity index (χ3n) is 27.3. The van der Waals surface area contributed by atoms with E-state index in [4.69, 9.17) is 4.55 Å². The summed E-state index contributed by atoms with van der Waals surface area (Å²) in [4.78, 5) is 13.6. The molecule has 0 unspecified atom stereocenters. The Bertz CT molecular complexity index is 8950. The molecule has 4 nitrogen and oxygen atoms in total. The van der Waals surface area contributed by atoms with E-state index in [-0.39, 0.29) is 47.1 Å². The van der Waals surface area contributed by atoms with Crippen LogP contribution in [0.4, 0.5) is 0 Å². The molecule has 1 N–H and O–H groups in total. The van der Waals surface area contributed by atoms with Gasteiger partial charge in [0.25, 0.3) is 0 Å². The quantitative estimate of drug-likeness (QED) is 0.0654. The van der Waals surface area contributed by atoms with Gasteiger partial charge < -0.3 is 11.0 Å². The first-order chi connectivity index (χ1) is 67.2. The minimum absolute atomic E-state index is 0. The standard InChI is InChI=1S/C53H36.C42H26S.C24H16N2.C11H8N.2Ir.H2OS.H/c1-53(2)51-24-10-9-21-44(51)45-28-26-36(30-52(45)53)35-25-27-43-46(29-35)48(40-23-12-16-34-14-4-6-18-38(34)40)32-49-42-20-8-7-19-41(42)47(31-50(43)49)39-22-11-15-33-13-3-5-17-37(33)39;1-2-16-35-33(14-1)34-15-3-4-17-36(34)40-26-30(22-23-37(35)40)28-11-7-10-27(24-28)29-12-8-13-31(25-29)32-19-9-20-39-38-18-5-6-21-41(38)43-42(32)39;1-3-7-17(8-4-1)19-13-15-25-23-21(19)11-12-22-20(14-16-26-24(22)23)18-9-5-2-6-10-18;1-2-6-10(7-3-1)11-8-4-5-9-12-11;;;1-2;/h3-32H,1-2H3;1-26H;1-16H;1-6,8-9H;;;1-2H;/q;;;-1;;;;-1/i;;;;;;;1+2. The number of fused-ring (bicyclic) bond motifs is 22. The summed E-state index contributed by atoms with van der Waals surface area (Å²) in [6.07, 6.45) is 5.54. The van der Waals surface area contributed by atoms with Gasteiger partial charge in [-0.25, -0.2) is 0 Å². The van der Waals surface area contributed by atoms with E-state index < -0.39 is 0 Å². The van der Waals surface area contributed by atoms with Crippen LogP contribution in [0.3, 0.4) is 0 Å². The molecule has 0 atom stereocenters. The predicted molar refractivity (Wildman–Crippen MR) is 585 cm³/mol. The molecule has 27 rings (SSSR count). The minimum atomic E-state index is -0.0534. The maximum absolute atomic E-state index is 6.69. The molecule has 138 heavy (non-hydrogen) atoms. The smallest absolute Gasteiger partial charge is 0.0970 e. The number of rotatable bonds is 9. The van der Waals surface area contributed by atoms with Crippen molar-refractivity contribution in [1.29, 1.82) is 0 Å². The Morgan fingerprint density at radius 3 is 1.20 bits per heavy atom. The Morgan fingerprint density at radius 2 is 0.616 bits per heavy atom. The Balaban J connectivity index is 0.000000123. The Morgan fingerprint density at radius 1 is 0.232 bits per heavy atom. The van der Waals surface area contributed by atoms with Crippen LogP contribution >= 0.6 is 24.2 Å². The molecule has 4 aromatic heterocycles. The fraction of sp³-hybridized carbons (Fsp3) is 0.0231. The van der Waals surface area contributed by atoms with Crippen molar-refractivity contribution in [3.05, 3.63) is 503 Å². The van der Waals surface area contributed by atoms with E-state index >= 15 is 0 Å². The zero-order valence-corrected chi connectivity index (χ0v) is 82.0. The summed E-state index contributed by atoms with van der Waals surface area (Å²) in [6.45, 7) is 4.73. The van der Waals surface area contributed by atoms with Crippen molar-refractivity contribution in [2.75, 3.05) is 0 Å². The molecule has 0 amide bonds. The number of pyridine rings is 3. The first-order valence-electron chi connectivity index (χ1n) is 46.2. The van der Waals surface area contributed by atoms with Gasteiger partial charge >= 0.3 is 0 Å². The number of thiophene rings is 1. The molecule has 2 radical (unpaired) electrons. The van der Waals surface area contributed by atoms with E-state index in [1.54, 1.807) is 6.20 Å². The molecular weight excluding hydrogens is 2070 g/mol. The largest absolute Gasteiger partial charge is 1.00 e. The number of nitrogens with zero attached hydrogens (tertiary/aromatic N) is 3. The van der Waals surface area contributed by atoms with E-state index in [9.17, 15) is 0 Å². The number of hydrogen-bond acceptors (Lipinski definition) is 6. The summed E-state index contributed by atoms with van der Waals surface area (Å²) in [5.74, 6) is 0. The monoisotopic (exact) mass is 2160 g/mol. The molecule has 26 aromatic rings. The van der Waals surface area contributed by atoms with Gasteiger partial charge in [0, 0.05) is 95.2 Å². The van der Waals surface area contributed by atoms with Crippen LogP contribution in [0.2, 0.25) is 0 Å². The van der Waals surface area contributed by atoms with E-state index in [1.807, 2.05) is 78.3 Å². The second-order valence-corrected chi connectivity index (χ2v) is 36.4. The molecule has 1 aliphatic carbocycles. The molecule has 8 heteroatoms. The Hall–Kier alpha value is -15.3. The van der Waals surface area contributed by atoms with Crippen LogP contribution in [0.1, 0.15) is 26.4 Å². The summed E-state index contributed by atoms with van der Waals surface area (Å²) in [6, 6.07) is 172. The third-order valence-corrected chi connectivity index (χ3v) is 28.6. The molecule has 22 aromatic carbocycles. The molecule has 0 spiro atoms. The number of aromatic nitrogens is 3. The third kappa shape index (κ3) is 16.5. The average Bonchev–Trinajstić information content (AvgIpc) is 1.66. The number of thiol groups is 1. The SMILES string of the molecule is CC1(C)c2ccccc2-c2ccc(-c3ccc4c(c3)c(-c3cccc5ccccc35)cc3c5ccccc5c(-c5cccc6ccccc56)cc43)cc21.OS.[3H-].[Ir].[Ir].[c-]1ccccc1-c1ccccn1.c1cc(-c2cccc(-c3cccc4c3sc3ccccc34)c2)cc(-c2ccc3c4ccccc4c4ccccc4c3c2)c1.c1ccc(-c2ccnc3c2ccc2c(-c4ccccc4)ccnc23)cc1. The minimum Gasteiger partial charge on any atom is -1.00 e. The fourth-order valence-corrected chi connectivity index (χ4v) is 22.1. The number of hydrogen-bond donors (Lipinski definition) is 2. The van der Waals surface area contributed by atoms with Crippen molar-refractivity contribution in [3.8, 4) is 111 Å². The maximum atomic E-state index is 6.69. The first kappa shape index (κ1) is 89.3. The zero-order valence-electron chi connectivity index (χ0n) is 76.5. The maximum Gasteiger partial charge on any atom is 0.0970 e. The van der Waals surface area contributed by atoms with E-state index in [1.165, 1.54) is 218 Å². The Kier molecular flexibility index (Phi) is 25.1. The second-order valence-electron chi connectivity index (χ2n) is 35.3. The van der Waals surface area contributed by atoms with Crippen LogP contribution in [0.25, 0.3) is 240 Å². The average molecular weight is 2160 g/mol. The summed E-state index contributed by atoms with van der Waals surface area (Å²) in [5.41, 5.74) is 29.2. The molecule has 0 saturated heterocycles. The van der Waals surface area contributed by atoms with E-state index in [0.717, 1.165) is 33.1 Å². The van der Waals surface area contributed by atoms with Crippen molar-refractivity contribution in [2.45, 2.75) is 19.3 Å². The topological polar surface area (TPSA) is 58.9 Å². The first-order valence-corrected chi connectivity index (χ1v) is 47.4. The van der Waals surface area contributed by atoms with Crippen LogP contribution in [-0.4, -0.2) is 19.5 Å².